The van der Waals surface area contributed by atoms with E-state index in [9.17, 15) is 4.79 Å². The average molecular weight is 230 g/mol. The van der Waals surface area contributed by atoms with Gasteiger partial charge in [0, 0.05) is 13.5 Å². The third kappa shape index (κ3) is 4.03. The molecule has 0 saturated heterocycles. The highest BCUT2D eigenvalue weighted by Gasteiger charge is 2.05. The second-order valence-electron chi connectivity index (χ2n) is 3.52. The monoisotopic (exact) mass is 230 g/mol. The molecule has 17 heavy (non-hydrogen) atoms. The van der Waals surface area contributed by atoms with E-state index in [4.69, 9.17) is 5.26 Å². The van der Waals surface area contributed by atoms with Gasteiger partial charge in [-0.05, 0) is 30.7 Å². The summed E-state index contributed by atoms with van der Waals surface area (Å²) in [7, 11) is 1.57. The number of amides is 1. The first-order chi connectivity index (χ1) is 8.17. The summed E-state index contributed by atoms with van der Waals surface area (Å²) >= 11 is 0. The number of hydrogen-bond donors (Lipinski definition) is 0. The molecule has 0 fully saturated rings. The lowest BCUT2D eigenvalue weighted by atomic mass is 10.2. The molecule has 0 atom stereocenters. The van der Waals surface area contributed by atoms with Crippen molar-refractivity contribution < 1.29 is 4.79 Å². The van der Waals surface area contributed by atoms with Crippen molar-refractivity contribution in [2.75, 3.05) is 7.05 Å². The van der Waals surface area contributed by atoms with Gasteiger partial charge in [0.1, 0.15) is 0 Å². The Morgan fingerprint density at radius 3 is 2.59 bits per heavy atom. The molecule has 0 unspecified atom stereocenters. The zero-order chi connectivity index (χ0) is 12.7. The van der Waals surface area contributed by atoms with E-state index in [0.717, 1.165) is 6.42 Å². The predicted octanol–water partition coefficient (Wildman–Crippen LogP) is 2.82. The molecule has 0 spiro atoms. The van der Waals surface area contributed by atoms with Crippen LogP contribution < -0.4 is 0 Å². The first-order valence-corrected chi connectivity index (χ1v) is 5.35. The Labute approximate surface area is 100 Å². The highest BCUT2D eigenvalue weighted by atomic mass is 16.2. The summed E-state index contributed by atoms with van der Waals surface area (Å²) in [6.07, 6.45) is 1.25. The van der Waals surface area contributed by atoms with Gasteiger partial charge in [0.2, 0.25) is 5.91 Å². The lowest BCUT2D eigenvalue weighted by Gasteiger charge is -2.07. The van der Waals surface area contributed by atoms with Gasteiger partial charge in [-0.2, -0.15) is 5.26 Å². The Hall–Kier alpha value is -2.22. The van der Waals surface area contributed by atoms with Crippen LogP contribution in [0.1, 0.15) is 25.3 Å². The van der Waals surface area contributed by atoms with E-state index in [1.54, 1.807) is 31.3 Å². The van der Waals surface area contributed by atoms with Crippen molar-refractivity contribution in [3.8, 4) is 6.07 Å². The van der Waals surface area contributed by atoms with Crippen LogP contribution >= 0.6 is 0 Å². The Kier molecular flexibility index (Phi) is 4.82. The first-order valence-electron chi connectivity index (χ1n) is 5.35. The van der Waals surface area contributed by atoms with Crippen LogP contribution in [0, 0.1) is 11.3 Å². The summed E-state index contributed by atoms with van der Waals surface area (Å²) in [4.78, 5) is 11.4. The lowest BCUT2D eigenvalue weighted by molar-refractivity contribution is -0.130. The van der Waals surface area contributed by atoms with Gasteiger partial charge in [0.25, 0.3) is 0 Å². The van der Waals surface area contributed by atoms with Gasteiger partial charge in [-0.3, -0.25) is 4.79 Å². The fraction of sp³-hybridized carbons (Fsp3) is 0.333. The van der Waals surface area contributed by atoms with Crippen molar-refractivity contribution in [1.82, 2.24) is 5.01 Å². The summed E-state index contributed by atoms with van der Waals surface area (Å²) in [5, 5.41) is 17.5. The molecule has 1 aromatic rings. The minimum Gasteiger partial charge on any atom is -0.273 e. The number of carbonyl (C=O) groups is 1. The Morgan fingerprint density at radius 1 is 1.41 bits per heavy atom. The van der Waals surface area contributed by atoms with E-state index in [1.807, 2.05) is 13.0 Å². The molecular weight excluding hydrogens is 216 g/mol. The SMILES string of the molecule is CCCC(=O)N(C)N=Nc1ccc(C#N)cc1. The Morgan fingerprint density at radius 2 is 2.06 bits per heavy atom. The van der Waals surface area contributed by atoms with E-state index in [1.165, 1.54) is 5.01 Å². The van der Waals surface area contributed by atoms with Gasteiger partial charge < -0.3 is 0 Å². The number of carbonyl (C=O) groups excluding carboxylic acids is 1. The van der Waals surface area contributed by atoms with Gasteiger partial charge in [-0.25, -0.2) is 5.01 Å². The van der Waals surface area contributed by atoms with Gasteiger partial charge in [0.05, 0.1) is 17.3 Å². The maximum absolute atomic E-state index is 11.4. The summed E-state index contributed by atoms with van der Waals surface area (Å²) < 4.78 is 0. The van der Waals surface area contributed by atoms with E-state index >= 15 is 0 Å². The Balaban J connectivity index is 2.64. The zero-order valence-corrected chi connectivity index (χ0v) is 9.92. The smallest absolute Gasteiger partial charge is 0.243 e. The minimum absolute atomic E-state index is 0.0649. The fourth-order valence-corrected chi connectivity index (χ4v) is 1.15. The molecule has 0 radical (unpaired) electrons. The van der Waals surface area contributed by atoms with Crippen LogP contribution in [-0.2, 0) is 4.79 Å². The van der Waals surface area contributed by atoms with Gasteiger partial charge in [-0.1, -0.05) is 12.1 Å². The summed E-state index contributed by atoms with van der Waals surface area (Å²) in [6.45, 7) is 1.93. The second kappa shape index (κ2) is 6.38. The summed E-state index contributed by atoms with van der Waals surface area (Å²) in [5.41, 5.74) is 1.18. The van der Waals surface area contributed by atoms with Crippen molar-refractivity contribution >= 4 is 11.6 Å². The fourth-order valence-electron chi connectivity index (χ4n) is 1.15. The van der Waals surface area contributed by atoms with Gasteiger partial charge in [0.15, 0.2) is 0 Å². The van der Waals surface area contributed by atoms with Crippen molar-refractivity contribution in [3.63, 3.8) is 0 Å². The second-order valence-corrected chi connectivity index (χ2v) is 3.52. The highest BCUT2D eigenvalue weighted by Crippen LogP contribution is 2.13. The summed E-state index contributed by atoms with van der Waals surface area (Å²) in [6, 6.07) is 8.69. The number of nitriles is 1. The van der Waals surface area contributed by atoms with Crippen molar-refractivity contribution in [3.05, 3.63) is 29.8 Å². The van der Waals surface area contributed by atoms with Crippen molar-refractivity contribution in [2.24, 2.45) is 10.3 Å². The number of rotatable bonds is 4. The number of benzene rings is 1. The maximum atomic E-state index is 11.4. The first kappa shape index (κ1) is 12.8. The molecule has 0 N–H and O–H groups in total. The molecule has 0 aliphatic carbocycles. The van der Waals surface area contributed by atoms with Crippen LogP contribution in [0.4, 0.5) is 5.69 Å². The standard InChI is InChI=1S/C12H14N4O/c1-3-4-12(17)16(2)15-14-11-7-5-10(9-13)6-8-11/h5-8H,3-4H2,1-2H3. The molecule has 0 aromatic heterocycles. The topological polar surface area (TPSA) is 68.8 Å². The van der Waals surface area contributed by atoms with E-state index < -0.39 is 0 Å². The molecule has 1 rings (SSSR count). The van der Waals surface area contributed by atoms with Gasteiger partial charge in [-0.15, -0.1) is 5.11 Å². The molecule has 0 heterocycles. The molecule has 88 valence electrons. The number of nitrogens with zero attached hydrogens (tertiary/aromatic N) is 4. The Bertz CT molecular complexity index is 445. The lowest BCUT2D eigenvalue weighted by Crippen LogP contribution is -2.19. The third-order valence-electron chi connectivity index (χ3n) is 2.12. The molecule has 5 heteroatoms. The van der Waals surface area contributed by atoms with E-state index in [2.05, 4.69) is 10.3 Å². The predicted molar refractivity (Wildman–Crippen MR) is 63.4 cm³/mol. The van der Waals surface area contributed by atoms with Crippen LogP contribution in [-0.4, -0.2) is 18.0 Å². The normalized spacial score (nSPS) is 10.2. The molecule has 0 aliphatic heterocycles. The molecule has 0 aliphatic rings. The maximum Gasteiger partial charge on any atom is 0.243 e. The van der Waals surface area contributed by atoms with Gasteiger partial charge >= 0.3 is 0 Å². The van der Waals surface area contributed by atoms with Crippen LogP contribution in [0.3, 0.4) is 0 Å². The van der Waals surface area contributed by atoms with E-state index in [0.29, 0.717) is 17.7 Å². The van der Waals surface area contributed by atoms with Crippen LogP contribution in [0.15, 0.2) is 34.6 Å². The minimum atomic E-state index is -0.0649. The molecule has 0 saturated carbocycles. The molecule has 0 bridgehead atoms. The average Bonchev–Trinajstić information content (AvgIpc) is 2.36. The largest absolute Gasteiger partial charge is 0.273 e. The van der Waals surface area contributed by atoms with Crippen LogP contribution in [0.5, 0.6) is 0 Å². The van der Waals surface area contributed by atoms with Crippen LogP contribution in [0.2, 0.25) is 0 Å². The molecule has 1 aromatic carbocycles. The quantitative estimate of drug-likeness (QED) is 0.589. The highest BCUT2D eigenvalue weighted by molar-refractivity contribution is 5.75. The van der Waals surface area contributed by atoms with Crippen molar-refractivity contribution in [1.29, 1.82) is 5.26 Å². The molecule has 5 nitrogen and oxygen atoms in total. The number of hydrogen-bond acceptors (Lipinski definition) is 4. The molecule has 1 amide bonds. The summed E-state index contributed by atoms with van der Waals surface area (Å²) in [5.74, 6) is -0.0649. The van der Waals surface area contributed by atoms with Crippen molar-refractivity contribution in [2.45, 2.75) is 19.8 Å². The van der Waals surface area contributed by atoms with E-state index in [-0.39, 0.29) is 5.91 Å². The third-order valence-corrected chi connectivity index (χ3v) is 2.12. The zero-order valence-electron chi connectivity index (χ0n) is 9.92. The van der Waals surface area contributed by atoms with Crippen LogP contribution in [0.25, 0.3) is 0 Å². The molecular formula is C12H14N4O.